The predicted molar refractivity (Wildman–Crippen MR) is 128 cm³/mol. The number of allylic oxidation sites excluding steroid dienone is 1. The van der Waals surface area contributed by atoms with Crippen LogP contribution in [0.3, 0.4) is 0 Å². The number of thioether (sulfide) groups is 1. The molecule has 0 spiro atoms. The number of nitrogens with zero attached hydrogens (tertiary/aromatic N) is 4. The molecule has 0 aliphatic rings. The molecule has 0 saturated carbocycles. The zero-order valence-electron chi connectivity index (χ0n) is 17.8. The van der Waals surface area contributed by atoms with Gasteiger partial charge in [-0.15, -0.1) is 0 Å². The molecular formula is C23H25N5O2S. The van der Waals surface area contributed by atoms with Crippen molar-refractivity contribution in [3.63, 3.8) is 0 Å². The van der Waals surface area contributed by atoms with Crippen LogP contribution in [0.1, 0.15) is 12.5 Å². The highest BCUT2D eigenvalue weighted by atomic mass is 32.2. The molecule has 31 heavy (non-hydrogen) atoms. The number of benzene rings is 2. The molecule has 0 atom stereocenters. The lowest BCUT2D eigenvalue weighted by atomic mass is 10.2. The van der Waals surface area contributed by atoms with Gasteiger partial charge in [0.1, 0.15) is 0 Å². The minimum atomic E-state index is -0.282. The van der Waals surface area contributed by atoms with E-state index in [2.05, 4.69) is 22.1 Å². The summed E-state index contributed by atoms with van der Waals surface area (Å²) in [5.41, 5.74) is 5.77. The van der Waals surface area contributed by atoms with Gasteiger partial charge in [0.25, 0.3) is 11.5 Å². The fraction of sp³-hybridized carbons (Fsp3) is 0.217. The molecule has 0 aliphatic heterocycles. The minimum absolute atomic E-state index is 0.0812. The van der Waals surface area contributed by atoms with Gasteiger partial charge in [0.15, 0.2) is 5.16 Å². The smallest absolute Gasteiger partial charge is 0.262 e. The summed E-state index contributed by atoms with van der Waals surface area (Å²) < 4.78 is 1.55. The Labute approximate surface area is 185 Å². The van der Waals surface area contributed by atoms with Crippen LogP contribution >= 0.6 is 11.8 Å². The van der Waals surface area contributed by atoms with Gasteiger partial charge in [-0.3, -0.25) is 14.2 Å². The molecule has 1 amide bonds. The van der Waals surface area contributed by atoms with Crippen LogP contribution in [0.5, 0.6) is 0 Å². The summed E-state index contributed by atoms with van der Waals surface area (Å²) in [5, 5.41) is 5.03. The van der Waals surface area contributed by atoms with Gasteiger partial charge in [-0.25, -0.2) is 10.4 Å². The van der Waals surface area contributed by atoms with E-state index in [0.29, 0.717) is 22.6 Å². The van der Waals surface area contributed by atoms with Crippen molar-refractivity contribution in [1.82, 2.24) is 15.0 Å². The van der Waals surface area contributed by atoms with Gasteiger partial charge >= 0.3 is 0 Å². The van der Waals surface area contributed by atoms with E-state index in [9.17, 15) is 9.59 Å². The van der Waals surface area contributed by atoms with Gasteiger partial charge in [-0.05, 0) is 36.8 Å². The van der Waals surface area contributed by atoms with Crippen LogP contribution in [0.15, 0.2) is 75.7 Å². The van der Waals surface area contributed by atoms with E-state index >= 15 is 0 Å². The summed E-state index contributed by atoms with van der Waals surface area (Å²) >= 11 is 1.20. The second-order valence-electron chi connectivity index (χ2n) is 7.33. The van der Waals surface area contributed by atoms with Crippen molar-refractivity contribution >= 4 is 40.5 Å². The van der Waals surface area contributed by atoms with E-state index in [-0.39, 0.29) is 17.2 Å². The fourth-order valence-electron chi connectivity index (χ4n) is 2.87. The number of nitrogens with one attached hydrogen (secondary N) is 1. The lowest BCUT2D eigenvalue weighted by Gasteiger charge is -2.12. The van der Waals surface area contributed by atoms with Gasteiger partial charge in [0.05, 0.1) is 22.9 Å². The Hall–Kier alpha value is -3.39. The lowest BCUT2D eigenvalue weighted by Crippen LogP contribution is -2.25. The number of carbonyl (C=O) groups excluding carboxylic acids is 1. The fourth-order valence-corrected chi connectivity index (χ4v) is 3.66. The Morgan fingerprint density at radius 1 is 1.23 bits per heavy atom. The van der Waals surface area contributed by atoms with Gasteiger partial charge in [0.2, 0.25) is 0 Å². The maximum absolute atomic E-state index is 12.9. The van der Waals surface area contributed by atoms with E-state index in [1.165, 1.54) is 11.8 Å². The Kier molecular flexibility index (Phi) is 7.25. The molecular weight excluding hydrogens is 410 g/mol. The Morgan fingerprint density at radius 3 is 2.61 bits per heavy atom. The number of hydrogen-bond donors (Lipinski definition) is 1. The van der Waals surface area contributed by atoms with Crippen molar-refractivity contribution in [3.8, 4) is 0 Å². The van der Waals surface area contributed by atoms with Crippen molar-refractivity contribution < 1.29 is 4.79 Å². The van der Waals surface area contributed by atoms with Crippen LogP contribution < -0.4 is 15.9 Å². The van der Waals surface area contributed by atoms with Gasteiger partial charge in [-0.1, -0.05) is 48.2 Å². The zero-order valence-corrected chi connectivity index (χ0v) is 18.6. The summed E-state index contributed by atoms with van der Waals surface area (Å²) in [5.74, 6) is -0.201. The number of amides is 1. The van der Waals surface area contributed by atoms with Crippen molar-refractivity contribution in [2.75, 3.05) is 24.7 Å². The third-order valence-corrected chi connectivity index (χ3v) is 5.38. The molecule has 8 heteroatoms. The summed E-state index contributed by atoms with van der Waals surface area (Å²) in [7, 11) is 3.95. The number of fused-ring (bicyclic) bond motifs is 1. The average molecular weight is 436 g/mol. The second kappa shape index (κ2) is 10.1. The average Bonchev–Trinajstić information content (AvgIpc) is 2.74. The first-order chi connectivity index (χ1) is 14.8. The quantitative estimate of drug-likeness (QED) is 0.193. The summed E-state index contributed by atoms with van der Waals surface area (Å²) in [6.45, 7) is 6.09. The monoisotopic (exact) mass is 435 g/mol. The number of hydrazone groups is 1. The molecule has 1 aromatic heterocycles. The SMILES string of the molecule is C=C(C)Cn1c(SCC(=O)NN=Cc2ccc(N(C)C)cc2)nc2ccccc2c1=O. The molecule has 1 heterocycles. The summed E-state index contributed by atoms with van der Waals surface area (Å²) in [4.78, 5) is 31.7. The number of para-hydroxylation sites is 1. The van der Waals surface area contributed by atoms with Crippen molar-refractivity contribution in [2.45, 2.75) is 18.6 Å². The topological polar surface area (TPSA) is 79.6 Å². The predicted octanol–water partition coefficient (Wildman–Crippen LogP) is 3.28. The minimum Gasteiger partial charge on any atom is -0.378 e. The zero-order chi connectivity index (χ0) is 22.4. The third kappa shape index (κ3) is 5.82. The number of anilines is 1. The van der Waals surface area contributed by atoms with Crippen LogP contribution in [0.25, 0.3) is 10.9 Å². The molecule has 160 valence electrons. The second-order valence-corrected chi connectivity index (χ2v) is 8.27. The highest BCUT2D eigenvalue weighted by Crippen LogP contribution is 2.18. The Balaban J connectivity index is 1.68. The van der Waals surface area contributed by atoms with Crippen LogP contribution in [0.4, 0.5) is 5.69 Å². The highest BCUT2D eigenvalue weighted by molar-refractivity contribution is 7.99. The first kappa shape index (κ1) is 22.3. The number of rotatable bonds is 8. The molecule has 2 aromatic carbocycles. The Morgan fingerprint density at radius 2 is 1.94 bits per heavy atom. The van der Waals surface area contributed by atoms with Crippen molar-refractivity contribution in [2.24, 2.45) is 5.10 Å². The highest BCUT2D eigenvalue weighted by Gasteiger charge is 2.13. The van der Waals surface area contributed by atoms with Crippen molar-refractivity contribution in [3.05, 3.63) is 76.6 Å². The largest absolute Gasteiger partial charge is 0.378 e. The molecule has 0 unspecified atom stereocenters. The maximum atomic E-state index is 12.9. The van der Waals surface area contributed by atoms with Gasteiger partial charge in [0, 0.05) is 26.3 Å². The van der Waals surface area contributed by atoms with E-state index < -0.39 is 0 Å². The molecule has 1 N–H and O–H groups in total. The molecule has 0 radical (unpaired) electrons. The molecule has 0 fully saturated rings. The third-order valence-electron chi connectivity index (χ3n) is 4.40. The molecule has 3 rings (SSSR count). The number of carbonyl (C=O) groups is 1. The van der Waals surface area contributed by atoms with Gasteiger partial charge in [-0.2, -0.15) is 5.10 Å². The van der Waals surface area contributed by atoms with Crippen LogP contribution in [0.2, 0.25) is 0 Å². The van der Waals surface area contributed by atoms with Crippen LogP contribution in [0, 0.1) is 0 Å². The van der Waals surface area contributed by atoms with Crippen LogP contribution in [-0.4, -0.2) is 41.5 Å². The maximum Gasteiger partial charge on any atom is 0.262 e. The van der Waals surface area contributed by atoms with E-state index in [0.717, 1.165) is 16.8 Å². The number of hydrogen-bond acceptors (Lipinski definition) is 6. The van der Waals surface area contributed by atoms with E-state index in [1.54, 1.807) is 22.9 Å². The standard InChI is InChI=1S/C23H25N5O2S/c1-16(2)14-28-22(30)19-7-5-6-8-20(19)25-23(28)31-15-21(29)26-24-13-17-9-11-18(12-10-17)27(3)4/h5-13H,1,14-15H2,2-4H3,(H,26,29). The normalized spacial score (nSPS) is 11.1. The Bertz CT molecular complexity index is 1180. The molecule has 0 aliphatic carbocycles. The molecule has 3 aromatic rings. The van der Waals surface area contributed by atoms with Crippen molar-refractivity contribution in [1.29, 1.82) is 0 Å². The molecule has 0 saturated heterocycles. The first-order valence-corrected chi connectivity index (χ1v) is 10.7. The van der Waals surface area contributed by atoms with Gasteiger partial charge < -0.3 is 4.90 Å². The molecule has 0 bridgehead atoms. The number of aromatic nitrogens is 2. The van der Waals surface area contributed by atoms with E-state index in [1.807, 2.05) is 62.3 Å². The first-order valence-electron chi connectivity index (χ1n) is 9.71. The summed E-state index contributed by atoms with van der Waals surface area (Å²) in [6, 6.07) is 15.0. The summed E-state index contributed by atoms with van der Waals surface area (Å²) in [6.07, 6.45) is 1.59. The molecule has 7 nitrogen and oxygen atoms in total. The van der Waals surface area contributed by atoms with E-state index in [4.69, 9.17) is 0 Å². The lowest BCUT2D eigenvalue weighted by molar-refractivity contribution is -0.118. The van der Waals surface area contributed by atoms with Crippen LogP contribution in [-0.2, 0) is 11.3 Å².